The van der Waals surface area contributed by atoms with Gasteiger partial charge in [0.15, 0.2) is 12.4 Å². The zero-order valence-corrected chi connectivity index (χ0v) is 18.5. The number of carbonyl (C=O) groups is 1. The van der Waals surface area contributed by atoms with Crippen LogP contribution in [0.1, 0.15) is 11.1 Å². The predicted molar refractivity (Wildman–Crippen MR) is 123 cm³/mol. The van der Waals surface area contributed by atoms with Crippen LogP contribution in [0.5, 0.6) is 5.75 Å². The van der Waals surface area contributed by atoms with Crippen molar-refractivity contribution in [1.82, 2.24) is 0 Å². The van der Waals surface area contributed by atoms with Gasteiger partial charge in [0.25, 0.3) is 5.91 Å². The Kier molecular flexibility index (Phi) is 6.34. The Bertz CT molecular complexity index is 1450. The summed E-state index contributed by atoms with van der Waals surface area (Å²) in [5.41, 5.74) is 0.0438. The lowest BCUT2D eigenvalue weighted by Gasteiger charge is -2.13. The average molecular weight is 488 g/mol. The van der Waals surface area contributed by atoms with Crippen LogP contribution in [0.4, 0.5) is 18.9 Å². The van der Waals surface area contributed by atoms with Crippen molar-refractivity contribution in [2.24, 2.45) is 0 Å². The summed E-state index contributed by atoms with van der Waals surface area (Å²) < 4.78 is 50.3. The zero-order chi connectivity index (χ0) is 24.5. The van der Waals surface area contributed by atoms with E-state index in [9.17, 15) is 22.8 Å². The number of amides is 1. The van der Waals surface area contributed by atoms with Gasteiger partial charge in [-0.25, -0.2) is 0 Å². The fourth-order valence-electron chi connectivity index (χ4n) is 3.35. The van der Waals surface area contributed by atoms with E-state index in [2.05, 4.69) is 5.32 Å². The highest BCUT2D eigenvalue weighted by Crippen LogP contribution is 2.35. The van der Waals surface area contributed by atoms with Gasteiger partial charge in [-0.15, -0.1) is 0 Å². The van der Waals surface area contributed by atoms with Crippen LogP contribution < -0.4 is 15.5 Å². The molecule has 0 spiro atoms. The van der Waals surface area contributed by atoms with Crippen molar-refractivity contribution in [1.29, 1.82) is 0 Å². The molecule has 174 valence electrons. The molecule has 0 saturated heterocycles. The molecule has 4 rings (SSSR count). The van der Waals surface area contributed by atoms with Gasteiger partial charge >= 0.3 is 6.18 Å². The molecule has 4 aromatic rings. The molecule has 0 fully saturated rings. The van der Waals surface area contributed by atoms with Gasteiger partial charge in [0.1, 0.15) is 5.58 Å². The molecule has 0 aliphatic rings. The summed E-state index contributed by atoms with van der Waals surface area (Å²) in [5.74, 6) is -0.947. The van der Waals surface area contributed by atoms with Crippen LogP contribution >= 0.6 is 11.6 Å². The fourth-order valence-corrected chi connectivity index (χ4v) is 3.58. The van der Waals surface area contributed by atoms with Crippen LogP contribution in [0.2, 0.25) is 5.02 Å². The normalized spacial score (nSPS) is 11.4. The highest BCUT2D eigenvalue weighted by atomic mass is 35.5. The summed E-state index contributed by atoms with van der Waals surface area (Å²) in [6.07, 6.45) is -4.55. The number of rotatable bonds is 5. The fraction of sp³-hybridized carbons (Fsp3) is 0.120. The highest BCUT2D eigenvalue weighted by molar-refractivity contribution is 6.33. The van der Waals surface area contributed by atoms with E-state index in [0.29, 0.717) is 16.2 Å². The SMILES string of the molecule is Cc1ccc2oc(-c3ccccc3Cl)c(OCC(=O)Nc3cccc(C(F)(F)F)c3)c(=O)c2c1. The van der Waals surface area contributed by atoms with E-state index in [4.69, 9.17) is 20.8 Å². The summed E-state index contributed by atoms with van der Waals surface area (Å²) in [4.78, 5) is 25.6. The molecular weight excluding hydrogens is 471 g/mol. The van der Waals surface area contributed by atoms with Gasteiger partial charge < -0.3 is 14.5 Å². The van der Waals surface area contributed by atoms with E-state index in [1.807, 2.05) is 6.92 Å². The number of halogens is 4. The number of aryl methyl sites for hydroxylation is 1. The van der Waals surface area contributed by atoms with Crippen LogP contribution in [0.3, 0.4) is 0 Å². The number of nitrogens with one attached hydrogen (secondary N) is 1. The van der Waals surface area contributed by atoms with Crippen LogP contribution in [0, 0.1) is 6.92 Å². The largest absolute Gasteiger partial charge is 0.476 e. The van der Waals surface area contributed by atoms with Crippen molar-refractivity contribution in [2.45, 2.75) is 13.1 Å². The lowest BCUT2D eigenvalue weighted by molar-refractivity contribution is -0.137. The third-order valence-corrected chi connectivity index (χ3v) is 5.27. The molecule has 3 aromatic carbocycles. The third kappa shape index (κ3) is 4.92. The van der Waals surface area contributed by atoms with E-state index in [1.165, 1.54) is 12.1 Å². The summed E-state index contributed by atoms with van der Waals surface area (Å²) >= 11 is 6.29. The van der Waals surface area contributed by atoms with Gasteiger partial charge in [0.05, 0.1) is 16.0 Å². The Morgan fingerprint density at radius 1 is 1.06 bits per heavy atom. The predicted octanol–water partition coefficient (Wildman–Crippen LogP) is 6.46. The summed E-state index contributed by atoms with van der Waals surface area (Å²) in [6.45, 7) is 1.17. The molecule has 0 radical (unpaired) electrons. The number of fused-ring (bicyclic) bond motifs is 1. The standard InChI is InChI=1S/C25H17ClF3NO4/c1-14-9-10-20-18(11-14)22(32)24(23(34-20)17-7-2-3-8-19(17)26)33-13-21(31)30-16-6-4-5-15(12-16)25(27,28)29/h2-12H,13H2,1H3,(H,30,31). The molecule has 0 aliphatic heterocycles. The third-order valence-electron chi connectivity index (χ3n) is 4.94. The lowest BCUT2D eigenvalue weighted by atomic mass is 10.1. The number of anilines is 1. The van der Waals surface area contributed by atoms with Crippen LogP contribution in [0.25, 0.3) is 22.3 Å². The molecule has 9 heteroatoms. The summed E-state index contributed by atoms with van der Waals surface area (Å²) in [6, 6.07) is 15.9. The molecule has 1 N–H and O–H groups in total. The van der Waals surface area contributed by atoms with Crippen molar-refractivity contribution < 1.29 is 27.1 Å². The Labute approximate surface area is 196 Å². The minimum atomic E-state index is -4.55. The van der Waals surface area contributed by atoms with E-state index < -0.39 is 29.7 Å². The monoisotopic (exact) mass is 487 g/mol. The number of alkyl halides is 3. The van der Waals surface area contributed by atoms with E-state index in [1.54, 1.807) is 42.5 Å². The highest BCUT2D eigenvalue weighted by Gasteiger charge is 2.30. The minimum Gasteiger partial charge on any atom is -0.476 e. The molecule has 0 unspecified atom stereocenters. The van der Waals surface area contributed by atoms with Gasteiger partial charge in [-0.05, 0) is 49.4 Å². The van der Waals surface area contributed by atoms with Gasteiger partial charge in [-0.2, -0.15) is 13.2 Å². The van der Waals surface area contributed by atoms with Crippen molar-refractivity contribution in [3.63, 3.8) is 0 Å². The smallest absolute Gasteiger partial charge is 0.416 e. The topological polar surface area (TPSA) is 68.5 Å². The lowest BCUT2D eigenvalue weighted by Crippen LogP contribution is -2.23. The summed E-state index contributed by atoms with van der Waals surface area (Å²) in [7, 11) is 0. The molecule has 1 heterocycles. The second-order valence-corrected chi connectivity index (χ2v) is 7.89. The second-order valence-electron chi connectivity index (χ2n) is 7.48. The Morgan fingerprint density at radius 2 is 1.82 bits per heavy atom. The molecule has 0 aliphatic carbocycles. The van der Waals surface area contributed by atoms with Crippen molar-refractivity contribution in [2.75, 3.05) is 11.9 Å². The summed E-state index contributed by atoms with van der Waals surface area (Å²) in [5, 5.41) is 2.89. The molecular formula is C25H17ClF3NO4. The maximum atomic E-state index is 13.2. The molecule has 0 saturated carbocycles. The average Bonchev–Trinajstić information content (AvgIpc) is 2.79. The number of hydrogen-bond donors (Lipinski definition) is 1. The molecule has 1 aromatic heterocycles. The Hall–Kier alpha value is -3.78. The van der Waals surface area contributed by atoms with Crippen molar-refractivity contribution in [3.8, 4) is 17.1 Å². The maximum absolute atomic E-state index is 13.2. The molecule has 1 amide bonds. The number of ether oxygens (including phenoxy) is 1. The first kappa shape index (κ1) is 23.4. The van der Waals surface area contributed by atoms with Gasteiger partial charge in [-0.1, -0.05) is 41.4 Å². The first-order valence-corrected chi connectivity index (χ1v) is 10.4. The first-order chi connectivity index (χ1) is 16.1. The van der Waals surface area contributed by atoms with Crippen LogP contribution in [0.15, 0.2) is 75.9 Å². The molecule has 5 nitrogen and oxygen atoms in total. The van der Waals surface area contributed by atoms with Crippen molar-refractivity contribution >= 4 is 34.2 Å². The van der Waals surface area contributed by atoms with Crippen LogP contribution in [-0.2, 0) is 11.0 Å². The molecule has 34 heavy (non-hydrogen) atoms. The molecule has 0 atom stereocenters. The molecule has 0 bridgehead atoms. The van der Waals surface area contributed by atoms with E-state index in [0.717, 1.165) is 17.7 Å². The van der Waals surface area contributed by atoms with Gasteiger partial charge in [0.2, 0.25) is 11.2 Å². The van der Waals surface area contributed by atoms with Gasteiger partial charge in [-0.3, -0.25) is 9.59 Å². The minimum absolute atomic E-state index is 0.0406. The Morgan fingerprint density at radius 3 is 2.56 bits per heavy atom. The quantitative estimate of drug-likeness (QED) is 0.351. The van der Waals surface area contributed by atoms with Crippen LogP contribution in [-0.4, -0.2) is 12.5 Å². The number of carbonyl (C=O) groups excluding carboxylic acids is 1. The maximum Gasteiger partial charge on any atom is 0.416 e. The zero-order valence-electron chi connectivity index (χ0n) is 17.7. The second kappa shape index (κ2) is 9.23. The number of hydrogen-bond acceptors (Lipinski definition) is 4. The first-order valence-electron chi connectivity index (χ1n) is 10.1. The van der Waals surface area contributed by atoms with E-state index >= 15 is 0 Å². The van der Waals surface area contributed by atoms with Gasteiger partial charge in [0, 0.05) is 11.3 Å². The van der Waals surface area contributed by atoms with E-state index in [-0.39, 0.29) is 22.6 Å². The van der Waals surface area contributed by atoms with Crippen molar-refractivity contribution in [3.05, 3.63) is 93.1 Å². The number of benzene rings is 3. The Balaban J connectivity index is 1.67.